The van der Waals surface area contributed by atoms with Crippen molar-refractivity contribution >= 4 is 21.8 Å². The topological polar surface area (TPSA) is 40.6 Å². The van der Waals surface area contributed by atoms with E-state index in [4.69, 9.17) is 9.97 Å². The average molecular weight is 680 g/mol. The Bertz CT molecular complexity index is 2620. The standard InChI is InChI=1S/C47H45N5/c1-28(2)34-16-11-17-35(29(3)4)44(34)50-23-21-48-46(50)32-13-10-14-33(25-32)52-42-20-9-8-15-38(42)40-26-39-31(7)37-19-12-18-36(30(5)6)45(37)51-24-22-49-47(51)41(39)27-43(40)52/h8-31H,1-7H3. The quantitative estimate of drug-likeness (QED) is 0.175. The molecule has 0 radical (unpaired) electrons. The lowest BCUT2D eigenvalue weighted by molar-refractivity contribution is 0.806. The first-order valence-electron chi connectivity index (χ1n) is 18.7. The second kappa shape index (κ2) is 12.2. The van der Waals surface area contributed by atoms with E-state index in [0.29, 0.717) is 17.8 Å². The third-order valence-electron chi connectivity index (χ3n) is 11.2. The van der Waals surface area contributed by atoms with Gasteiger partial charge in [0.2, 0.25) is 0 Å². The lowest BCUT2D eigenvalue weighted by Gasteiger charge is -2.22. The van der Waals surface area contributed by atoms with Crippen molar-refractivity contribution in [1.82, 2.24) is 23.7 Å². The van der Waals surface area contributed by atoms with Crippen LogP contribution in [0.1, 0.15) is 100.0 Å². The summed E-state index contributed by atoms with van der Waals surface area (Å²) >= 11 is 0. The van der Waals surface area contributed by atoms with Gasteiger partial charge < -0.3 is 4.57 Å². The molecular weight excluding hydrogens is 635 g/mol. The third-order valence-corrected chi connectivity index (χ3v) is 11.2. The first-order valence-corrected chi connectivity index (χ1v) is 18.7. The summed E-state index contributed by atoms with van der Waals surface area (Å²) in [6.45, 7) is 16.0. The fourth-order valence-electron chi connectivity index (χ4n) is 8.66. The van der Waals surface area contributed by atoms with Crippen LogP contribution in [0.5, 0.6) is 0 Å². The summed E-state index contributed by atoms with van der Waals surface area (Å²) in [6.07, 6.45) is 8.14. The van der Waals surface area contributed by atoms with E-state index in [1.807, 2.05) is 12.4 Å². The van der Waals surface area contributed by atoms with Gasteiger partial charge in [-0.1, -0.05) is 115 Å². The number of rotatable bonds is 6. The summed E-state index contributed by atoms with van der Waals surface area (Å²) < 4.78 is 7.06. The number of para-hydroxylation sites is 3. The SMILES string of the molecule is CC(C)c1cccc(C(C)C)c1-n1ccnc1-c1cccc(-n2c3ccccc3c3cc4c(cc32)-c2nccn2-c2c(C(C)C)cccc2C4C)c1. The second-order valence-electron chi connectivity index (χ2n) is 15.4. The van der Waals surface area contributed by atoms with E-state index >= 15 is 0 Å². The molecule has 0 fully saturated rings. The highest BCUT2D eigenvalue weighted by Gasteiger charge is 2.29. The van der Waals surface area contributed by atoms with E-state index in [2.05, 4.69) is 172 Å². The summed E-state index contributed by atoms with van der Waals surface area (Å²) in [4.78, 5) is 10.0. The Morgan fingerprint density at radius 3 is 1.87 bits per heavy atom. The molecule has 0 N–H and O–H groups in total. The molecule has 8 aromatic rings. The minimum atomic E-state index is 0.198. The van der Waals surface area contributed by atoms with Gasteiger partial charge >= 0.3 is 0 Å². The van der Waals surface area contributed by atoms with Gasteiger partial charge in [0.05, 0.1) is 22.4 Å². The van der Waals surface area contributed by atoms with E-state index < -0.39 is 0 Å². The zero-order valence-electron chi connectivity index (χ0n) is 31.1. The van der Waals surface area contributed by atoms with Crippen molar-refractivity contribution in [3.05, 3.63) is 150 Å². The molecule has 5 heteroatoms. The number of nitrogens with zero attached hydrogens (tertiary/aromatic N) is 5. The fraction of sp³-hybridized carbons (Fsp3) is 0.234. The third kappa shape index (κ3) is 4.82. The van der Waals surface area contributed by atoms with Gasteiger partial charge in [0.1, 0.15) is 11.6 Å². The molecule has 0 amide bonds. The molecule has 1 aliphatic heterocycles. The molecule has 1 aliphatic rings. The van der Waals surface area contributed by atoms with Gasteiger partial charge in [0, 0.05) is 58.3 Å². The van der Waals surface area contributed by atoms with E-state index in [1.54, 1.807) is 0 Å². The normalized spacial score (nSPS) is 14.0. The predicted octanol–water partition coefficient (Wildman–Crippen LogP) is 12.3. The zero-order valence-corrected chi connectivity index (χ0v) is 31.1. The maximum Gasteiger partial charge on any atom is 0.144 e. The smallest absolute Gasteiger partial charge is 0.144 e. The maximum absolute atomic E-state index is 5.02. The number of hydrogen-bond donors (Lipinski definition) is 0. The molecule has 0 aliphatic carbocycles. The van der Waals surface area contributed by atoms with E-state index in [1.165, 1.54) is 66.6 Å². The number of aromatic nitrogens is 5. The number of fused-ring (bicyclic) bond motifs is 8. The molecule has 1 unspecified atom stereocenters. The van der Waals surface area contributed by atoms with Gasteiger partial charge in [-0.25, -0.2) is 9.97 Å². The molecular formula is C47H45N5. The van der Waals surface area contributed by atoms with Crippen LogP contribution in [0.25, 0.3) is 61.6 Å². The van der Waals surface area contributed by atoms with Crippen LogP contribution in [0.3, 0.4) is 0 Å². The number of hydrogen-bond acceptors (Lipinski definition) is 2. The Hall–Kier alpha value is -5.68. The van der Waals surface area contributed by atoms with E-state index in [-0.39, 0.29) is 5.92 Å². The zero-order chi connectivity index (χ0) is 35.8. The van der Waals surface area contributed by atoms with Crippen molar-refractivity contribution in [2.24, 2.45) is 0 Å². The summed E-state index contributed by atoms with van der Waals surface area (Å²) in [7, 11) is 0. The van der Waals surface area contributed by atoms with Crippen molar-refractivity contribution in [3.63, 3.8) is 0 Å². The first-order chi connectivity index (χ1) is 25.2. The highest BCUT2D eigenvalue weighted by atomic mass is 15.1. The molecule has 0 saturated carbocycles. The van der Waals surface area contributed by atoms with Crippen molar-refractivity contribution in [2.75, 3.05) is 0 Å². The minimum absolute atomic E-state index is 0.198. The van der Waals surface area contributed by atoms with Crippen molar-refractivity contribution < 1.29 is 0 Å². The Morgan fingerprint density at radius 1 is 0.538 bits per heavy atom. The van der Waals surface area contributed by atoms with Crippen LogP contribution in [0.2, 0.25) is 0 Å². The molecule has 3 aromatic heterocycles. The van der Waals surface area contributed by atoms with Gasteiger partial charge in [-0.3, -0.25) is 9.13 Å². The molecule has 5 nitrogen and oxygen atoms in total. The number of imidazole rings is 2. The lowest BCUT2D eigenvalue weighted by Crippen LogP contribution is -2.08. The molecule has 258 valence electrons. The van der Waals surface area contributed by atoms with Crippen LogP contribution in [0.15, 0.2) is 122 Å². The van der Waals surface area contributed by atoms with Crippen LogP contribution >= 0.6 is 0 Å². The van der Waals surface area contributed by atoms with Crippen LogP contribution in [0, 0.1) is 0 Å². The van der Waals surface area contributed by atoms with Gasteiger partial charge in [0.15, 0.2) is 0 Å². The van der Waals surface area contributed by atoms with Crippen LogP contribution < -0.4 is 0 Å². The summed E-state index contributed by atoms with van der Waals surface area (Å²) in [5.74, 6) is 3.29. The van der Waals surface area contributed by atoms with Gasteiger partial charge in [-0.15, -0.1) is 0 Å². The Morgan fingerprint density at radius 2 is 1.15 bits per heavy atom. The molecule has 0 spiro atoms. The molecule has 9 rings (SSSR count). The minimum Gasteiger partial charge on any atom is -0.309 e. The van der Waals surface area contributed by atoms with Crippen LogP contribution in [0.4, 0.5) is 0 Å². The summed E-state index contributed by atoms with van der Waals surface area (Å²) in [5.41, 5.74) is 14.9. The summed E-state index contributed by atoms with van der Waals surface area (Å²) in [6, 6.07) is 36.1. The van der Waals surface area contributed by atoms with Gasteiger partial charge in [0.25, 0.3) is 0 Å². The number of benzene rings is 5. The van der Waals surface area contributed by atoms with Crippen molar-refractivity contribution in [2.45, 2.75) is 72.1 Å². The monoisotopic (exact) mass is 679 g/mol. The van der Waals surface area contributed by atoms with Crippen molar-refractivity contribution in [3.8, 4) is 39.8 Å². The van der Waals surface area contributed by atoms with Gasteiger partial charge in [-0.2, -0.15) is 0 Å². The summed E-state index contributed by atoms with van der Waals surface area (Å²) in [5, 5.41) is 2.50. The van der Waals surface area contributed by atoms with Gasteiger partial charge in [-0.05, 0) is 75.9 Å². The predicted molar refractivity (Wildman–Crippen MR) is 216 cm³/mol. The lowest BCUT2D eigenvalue weighted by atomic mass is 9.86. The average Bonchev–Trinajstić information content (AvgIpc) is 3.90. The molecule has 1 atom stereocenters. The highest BCUT2D eigenvalue weighted by molar-refractivity contribution is 6.11. The fourth-order valence-corrected chi connectivity index (χ4v) is 8.66. The molecule has 5 aromatic carbocycles. The van der Waals surface area contributed by atoms with Crippen LogP contribution in [-0.4, -0.2) is 23.7 Å². The van der Waals surface area contributed by atoms with Crippen molar-refractivity contribution in [1.29, 1.82) is 0 Å². The molecule has 52 heavy (non-hydrogen) atoms. The first kappa shape index (κ1) is 32.2. The van der Waals surface area contributed by atoms with E-state index in [0.717, 1.165) is 22.9 Å². The van der Waals surface area contributed by atoms with E-state index in [9.17, 15) is 0 Å². The second-order valence-corrected chi connectivity index (χ2v) is 15.4. The molecule has 4 heterocycles. The largest absolute Gasteiger partial charge is 0.309 e. The van der Waals surface area contributed by atoms with Crippen LogP contribution in [-0.2, 0) is 0 Å². The molecule has 0 bridgehead atoms. The maximum atomic E-state index is 5.02. The Balaban J connectivity index is 1.27. The Kier molecular flexibility index (Phi) is 7.58. The Labute approximate surface area is 306 Å². The highest BCUT2D eigenvalue weighted by Crippen LogP contribution is 2.46. The molecule has 0 saturated heterocycles.